The standard InChI is InChI=1S/C24H25FN2O3S/c1-2-20-8-6-7-11-23(20)27(31(29,30)22-9-4-3-5-10-22)18-24(28)26-17-16-19-12-14-21(25)15-13-19/h3-15H,2,16-18H2,1H3,(H,26,28). The van der Waals surface area contributed by atoms with Crippen molar-refractivity contribution in [2.45, 2.75) is 24.7 Å². The number of halogens is 1. The van der Waals surface area contributed by atoms with E-state index in [0.717, 1.165) is 15.4 Å². The number of hydrogen-bond donors (Lipinski definition) is 1. The predicted octanol–water partition coefficient (Wildman–Crippen LogP) is 3.94. The molecule has 7 heteroatoms. The van der Waals surface area contributed by atoms with Gasteiger partial charge < -0.3 is 5.32 Å². The Hall–Kier alpha value is -3.19. The van der Waals surface area contributed by atoms with Crippen LogP contribution in [0, 0.1) is 5.82 Å². The quantitative estimate of drug-likeness (QED) is 0.548. The third kappa shape index (κ3) is 5.70. The van der Waals surface area contributed by atoms with Gasteiger partial charge >= 0.3 is 0 Å². The van der Waals surface area contributed by atoms with Gasteiger partial charge in [-0.1, -0.05) is 55.5 Å². The van der Waals surface area contributed by atoms with Crippen LogP contribution in [0.2, 0.25) is 0 Å². The molecule has 1 amide bonds. The predicted molar refractivity (Wildman–Crippen MR) is 120 cm³/mol. The third-order valence-corrected chi connectivity index (χ3v) is 6.68. The van der Waals surface area contributed by atoms with Gasteiger partial charge in [0.15, 0.2) is 0 Å². The highest BCUT2D eigenvalue weighted by molar-refractivity contribution is 7.92. The number of aryl methyl sites for hydroxylation is 1. The van der Waals surface area contributed by atoms with Gasteiger partial charge in [-0.25, -0.2) is 12.8 Å². The average molecular weight is 441 g/mol. The minimum absolute atomic E-state index is 0.125. The molecule has 0 radical (unpaired) electrons. The van der Waals surface area contributed by atoms with Crippen molar-refractivity contribution in [2.75, 3.05) is 17.4 Å². The molecule has 0 heterocycles. The van der Waals surface area contributed by atoms with E-state index in [0.29, 0.717) is 25.1 Å². The summed E-state index contributed by atoms with van der Waals surface area (Å²) in [7, 11) is -3.93. The van der Waals surface area contributed by atoms with Crippen molar-refractivity contribution < 1.29 is 17.6 Å². The summed E-state index contributed by atoms with van der Waals surface area (Å²) < 4.78 is 40.9. The molecule has 1 N–H and O–H groups in total. The van der Waals surface area contributed by atoms with E-state index >= 15 is 0 Å². The number of nitrogens with zero attached hydrogens (tertiary/aromatic N) is 1. The summed E-state index contributed by atoms with van der Waals surface area (Å²) in [4.78, 5) is 12.8. The van der Waals surface area contributed by atoms with Crippen molar-refractivity contribution in [3.8, 4) is 0 Å². The van der Waals surface area contributed by atoms with Crippen LogP contribution < -0.4 is 9.62 Å². The molecule has 0 spiro atoms. The fourth-order valence-corrected chi connectivity index (χ4v) is 4.74. The van der Waals surface area contributed by atoms with Gasteiger partial charge in [0.1, 0.15) is 12.4 Å². The van der Waals surface area contributed by atoms with Crippen LogP contribution in [0.3, 0.4) is 0 Å². The van der Waals surface area contributed by atoms with Gasteiger partial charge in [-0.3, -0.25) is 9.10 Å². The number of benzene rings is 3. The summed E-state index contributed by atoms with van der Waals surface area (Å²) in [6, 6.07) is 21.3. The Morgan fingerprint density at radius 3 is 2.26 bits per heavy atom. The van der Waals surface area contributed by atoms with Crippen molar-refractivity contribution in [3.63, 3.8) is 0 Å². The average Bonchev–Trinajstić information content (AvgIpc) is 2.79. The first-order valence-corrected chi connectivity index (χ1v) is 11.5. The molecule has 0 aliphatic heterocycles. The summed E-state index contributed by atoms with van der Waals surface area (Å²) in [5, 5.41) is 2.77. The molecule has 0 fully saturated rings. The topological polar surface area (TPSA) is 66.5 Å². The van der Waals surface area contributed by atoms with Crippen LogP contribution >= 0.6 is 0 Å². The van der Waals surface area contributed by atoms with Gasteiger partial charge in [-0.15, -0.1) is 0 Å². The zero-order valence-electron chi connectivity index (χ0n) is 17.3. The molecule has 0 unspecified atom stereocenters. The molecule has 0 saturated carbocycles. The van der Waals surface area contributed by atoms with E-state index in [1.807, 2.05) is 19.1 Å². The molecule has 3 aromatic rings. The molecule has 3 aromatic carbocycles. The number of hydrogen-bond acceptors (Lipinski definition) is 3. The fraction of sp³-hybridized carbons (Fsp3) is 0.208. The monoisotopic (exact) mass is 440 g/mol. The number of carbonyl (C=O) groups excluding carboxylic acids is 1. The first-order valence-electron chi connectivity index (χ1n) is 10.1. The van der Waals surface area contributed by atoms with E-state index in [9.17, 15) is 17.6 Å². The number of carbonyl (C=O) groups is 1. The molecule has 162 valence electrons. The number of para-hydroxylation sites is 1. The van der Waals surface area contributed by atoms with E-state index in [4.69, 9.17) is 0 Å². The molecular formula is C24H25FN2O3S. The van der Waals surface area contributed by atoms with E-state index in [1.165, 1.54) is 24.3 Å². The van der Waals surface area contributed by atoms with Crippen molar-refractivity contribution in [2.24, 2.45) is 0 Å². The normalized spacial score (nSPS) is 11.2. The number of anilines is 1. The van der Waals surface area contributed by atoms with Crippen molar-refractivity contribution in [1.29, 1.82) is 0 Å². The molecule has 0 bridgehead atoms. The number of sulfonamides is 1. The second kappa shape index (κ2) is 10.2. The Labute approximate surface area is 182 Å². The van der Waals surface area contributed by atoms with Gasteiger partial charge in [0.25, 0.3) is 10.0 Å². The Morgan fingerprint density at radius 1 is 0.935 bits per heavy atom. The lowest BCUT2D eigenvalue weighted by atomic mass is 10.1. The second-order valence-electron chi connectivity index (χ2n) is 7.03. The maximum absolute atomic E-state index is 13.4. The Kier molecular flexibility index (Phi) is 7.41. The van der Waals surface area contributed by atoms with Crippen LogP contribution in [0.4, 0.5) is 10.1 Å². The molecule has 0 aliphatic rings. The fourth-order valence-electron chi connectivity index (χ4n) is 3.26. The molecule has 5 nitrogen and oxygen atoms in total. The Morgan fingerprint density at radius 2 is 1.58 bits per heavy atom. The van der Waals surface area contributed by atoms with E-state index < -0.39 is 15.9 Å². The lowest BCUT2D eigenvalue weighted by molar-refractivity contribution is -0.119. The summed E-state index contributed by atoms with van der Waals surface area (Å²) >= 11 is 0. The van der Waals surface area contributed by atoms with Crippen molar-refractivity contribution in [3.05, 3.63) is 95.8 Å². The van der Waals surface area contributed by atoms with Crippen molar-refractivity contribution in [1.82, 2.24) is 5.32 Å². The van der Waals surface area contributed by atoms with Crippen LogP contribution in [0.15, 0.2) is 83.8 Å². The highest BCUT2D eigenvalue weighted by Crippen LogP contribution is 2.27. The second-order valence-corrected chi connectivity index (χ2v) is 8.90. The summed E-state index contributed by atoms with van der Waals surface area (Å²) in [5.74, 6) is -0.725. The van der Waals surface area contributed by atoms with Gasteiger partial charge in [0, 0.05) is 6.54 Å². The number of rotatable bonds is 9. The highest BCUT2D eigenvalue weighted by Gasteiger charge is 2.28. The molecule has 31 heavy (non-hydrogen) atoms. The first kappa shape index (κ1) is 22.5. The minimum atomic E-state index is -3.93. The van der Waals surface area contributed by atoms with Crippen molar-refractivity contribution >= 4 is 21.6 Å². The van der Waals surface area contributed by atoms with E-state index in [-0.39, 0.29) is 17.3 Å². The zero-order chi connectivity index (χ0) is 22.3. The smallest absolute Gasteiger partial charge is 0.264 e. The highest BCUT2D eigenvalue weighted by atomic mass is 32.2. The van der Waals surface area contributed by atoms with Crippen LogP contribution in [0.1, 0.15) is 18.1 Å². The molecule has 0 saturated heterocycles. The molecule has 3 rings (SSSR count). The Bertz CT molecular complexity index is 1120. The van der Waals surface area contributed by atoms with Crippen LogP contribution in [-0.4, -0.2) is 27.4 Å². The first-order chi connectivity index (χ1) is 14.9. The van der Waals surface area contributed by atoms with Crippen LogP contribution in [0.25, 0.3) is 0 Å². The van der Waals surface area contributed by atoms with Crippen LogP contribution in [0.5, 0.6) is 0 Å². The van der Waals surface area contributed by atoms with Gasteiger partial charge in [0.2, 0.25) is 5.91 Å². The largest absolute Gasteiger partial charge is 0.354 e. The Balaban J connectivity index is 1.80. The summed E-state index contributed by atoms with van der Waals surface area (Å²) in [5.41, 5.74) is 2.20. The number of amides is 1. The SMILES string of the molecule is CCc1ccccc1N(CC(=O)NCCc1ccc(F)cc1)S(=O)(=O)c1ccccc1. The van der Waals surface area contributed by atoms with Gasteiger partial charge in [0.05, 0.1) is 10.6 Å². The molecular weight excluding hydrogens is 415 g/mol. The maximum atomic E-state index is 13.4. The lowest BCUT2D eigenvalue weighted by Crippen LogP contribution is -2.41. The van der Waals surface area contributed by atoms with Gasteiger partial charge in [-0.2, -0.15) is 0 Å². The van der Waals surface area contributed by atoms with E-state index in [1.54, 1.807) is 42.5 Å². The summed E-state index contributed by atoms with van der Waals surface area (Å²) in [6.45, 7) is 1.92. The zero-order valence-corrected chi connectivity index (χ0v) is 18.1. The number of nitrogens with one attached hydrogen (secondary N) is 1. The lowest BCUT2D eigenvalue weighted by Gasteiger charge is -2.26. The third-order valence-electron chi connectivity index (χ3n) is 4.91. The minimum Gasteiger partial charge on any atom is -0.354 e. The molecule has 0 atom stereocenters. The van der Waals surface area contributed by atoms with Gasteiger partial charge in [-0.05, 0) is 54.3 Å². The summed E-state index contributed by atoms with van der Waals surface area (Å²) in [6.07, 6.45) is 1.15. The molecule has 0 aliphatic carbocycles. The molecule has 0 aromatic heterocycles. The van der Waals surface area contributed by atoms with E-state index in [2.05, 4.69) is 5.32 Å². The maximum Gasteiger partial charge on any atom is 0.264 e. The van der Waals surface area contributed by atoms with Crippen LogP contribution in [-0.2, 0) is 27.7 Å².